The van der Waals surface area contributed by atoms with Crippen molar-refractivity contribution in [1.29, 1.82) is 0 Å². The van der Waals surface area contributed by atoms with E-state index in [1.165, 1.54) is 36.4 Å². The molecule has 1 atom stereocenters. The third-order valence-electron chi connectivity index (χ3n) is 2.76. The number of benzene rings is 1. The van der Waals surface area contributed by atoms with E-state index in [0.717, 1.165) is 6.20 Å². The van der Waals surface area contributed by atoms with Crippen molar-refractivity contribution in [2.24, 2.45) is 0 Å². The highest BCUT2D eigenvalue weighted by atomic mass is 19.1. The van der Waals surface area contributed by atoms with Gasteiger partial charge in [0, 0.05) is 0 Å². The highest BCUT2D eigenvalue weighted by Crippen LogP contribution is 2.20. The lowest BCUT2D eigenvalue weighted by Gasteiger charge is -2.11. The third kappa shape index (κ3) is 3.34. The molecule has 0 radical (unpaired) electrons. The Morgan fingerprint density at radius 2 is 1.74 bits per heavy atom. The number of nitrogens with zero attached hydrogens (tertiary/aromatic N) is 1. The van der Waals surface area contributed by atoms with Crippen LogP contribution in [-0.4, -0.2) is 16.1 Å². The van der Waals surface area contributed by atoms with E-state index >= 15 is 0 Å². The highest BCUT2D eigenvalue weighted by Gasteiger charge is 2.21. The number of halogens is 2. The number of aliphatic carboxylic acids is 1. The maximum absolute atomic E-state index is 12.8. The van der Waals surface area contributed by atoms with Crippen LogP contribution in [0.1, 0.15) is 17.2 Å². The maximum atomic E-state index is 12.8. The standard InChI is InChI=1S/C14H11F2NO2/c15-10-3-1-9(2-4-10)7-12(14(18)19)13-6-5-11(16)8-17-13/h1-6,8,12H,7H2,(H,18,19). The Morgan fingerprint density at radius 1 is 1.11 bits per heavy atom. The van der Waals surface area contributed by atoms with Gasteiger partial charge in [-0.05, 0) is 36.2 Å². The second-order valence-corrected chi connectivity index (χ2v) is 4.12. The molecule has 19 heavy (non-hydrogen) atoms. The molecule has 98 valence electrons. The Hall–Kier alpha value is -2.30. The van der Waals surface area contributed by atoms with Gasteiger partial charge in [0.1, 0.15) is 17.6 Å². The summed E-state index contributed by atoms with van der Waals surface area (Å²) < 4.78 is 25.6. The number of pyridine rings is 1. The van der Waals surface area contributed by atoms with Gasteiger partial charge in [0.25, 0.3) is 0 Å². The number of rotatable bonds is 4. The van der Waals surface area contributed by atoms with Crippen molar-refractivity contribution in [2.75, 3.05) is 0 Å². The van der Waals surface area contributed by atoms with Crippen molar-refractivity contribution in [2.45, 2.75) is 12.3 Å². The summed E-state index contributed by atoms with van der Waals surface area (Å²) in [6.45, 7) is 0. The molecule has 1 aromatic carbocycles. The van der Waals surface area contributed by atoms with Gasteiger partial charge in [-0.2, -0.15) is 0 Å². The molecule has 0 bridgehead atoms. The summed E-state index contributed by atoms with van der Waals surface area (Å²) in [6.07, 6.45) is 1.16. The lowest BCUT2D eigenvalue weighted by molar-refractivity contribution is -0.138. The van der Waals surface area contributed by atoms with E-state index in [-0.39, 0.29) is 17.9 Å². The van der Waals surface area contributed by atoms with Gasteiger partial charge in [-0.25, -0.2) is 8.78 Å². The monoisotopic (exact) mass is 263 g/mol. The minimum absolute atomic E-state index is 0.175. The first-order valence-corrected chi connectivity index (χ1v) is 5.65. The first kappa shape index (κ1) is 13.1. The first-order chi connectivity index (χ1) is 9.06. The molecule has 2 aromatic rings. The van der Waals surface area contributed by atoms with Crippen LogP contribution in [0, 0.1) is 11.6 Å². The number of carboxylic acid groups (broad SMARTS) is 1. The lowest BCUT2D eigenvalue weighted by atomic mass is 9.96. The summed E-state index contributed by atoms with van der Waals surface area (Å²) in [5, 5.41) is 9.20. The molecule has 0 amide bonds. The molecule has 0 aliphatic carbocycles. The number of aromatic nitrogens is 1. The summed E-state index contributed by atoms with van der Waals surface area (Å²) in [5.41, 5.74) is 0.957. The quantitative estimate of drug-likeness (QED) is 0.922. The number of hydrogen-bond acceptors (Lipinski definition) is 2. The molecule has 1 unspecified atom stereocenters. The van der Waals surface area contributed by atoms with Gasteiger partial charge in [-0.15, -0.1) is 0 Å². The second kappa shape index (κ2) is 5.56. The molecule has 0 fully saturated rings. The molecule has 1 aromatic heterocycles. The largest absolute Gasteiger partial charge is 0.481 e. The summed E-state index contributed by atoms with van der Waals surface area (Å²) in [6, 6.07) is 8.10. The van der Waals surface area contributed by atoms with Crippen molar-refractivity contribution in [1.82, 2.24) is 4.98 Å². The fraction of sp³-hybridized carbons (Fsp3) is 0.143. The van der Waals surface area contributed by atoms with Crippen LogP contribution in [0.5, 0.6) is 0 Å². The van der Waals surface area contributed by atoms with Crippen LogP contribution in [0.3, 0.4) is 0 Å². The lowest BCUT2D eigenvalue weighted by Crippen LogP contribution is -2.16. The Labute approximate surface area is 108 Å². The van der Waals surface area contributed by atoms with Crippen LogP contribution in [0.15, 0.2) is 42.6 Å². The molecular weight excluding hydrogens is 252 g/mol. The summed E-state index contributed by atoms with van der Waals surface area (Å²) >= 11 is 0. The molecule has 3 nitrogen and oxygen atoms in total. The maximum Gasteiger partial charge on any atom is 0.312 e. The van der Waals surface area contributed by atoms with Crippen LogP contribution in [0.25, 0.3) is 0 Å². The molecule has 2 rings (SSSR count). The average Bonchev–Trinajstić information content (AvgIpc) is 2.39. The molecule has 0 spiro atoms. The third-order valence-corrected chi connectivity index (χ3v) is 2.76. The van der Waals surface area contributed by atoms with E-state index in [2.05, 4.69) is 4.98 Å². The predicted molar refractivity (Wildman–Crippen MR) is 64.7 cm³/mol. The van der Waals surface area contributed by atoms with Crippen LogP contribution in [0.2, 0.25) is 0 Å². The van der Waals surface area contributed by atoms with Crippen molar-refractivity contribution in [3.8, 4) is 0 Å². The smallest absolute Gasteiger partial charge is 0.312 e. The Morgan fingerprint density at radius 3 is 2.26 bits per heavy atom. The van der Waals surface area contributed by atoms with Crippen molar-refractivity contribution >= 4 is 5.97 Å². The number of hydrogen-bond donors (Lipinski definition) is 1. The molecule has 1 heterocycles. The van der Waals surface area contributed by atoms with E-state index in [9.17, 15) is 18.7 Å². The zero-order valence-electron chi connectivity index (χ0n) is 9.88. The Bertz CT molecular complexity index is 567. The Balaban J connectivity index is 2.23. The number of carbonyl (C=O) groups is 1. The zero-order chi connectivity index (χ0) is 13.8. The molecule has 0 aliphatic rings. The first-order valence-electron chi connectivity index (χ1n) is 5.65. The van der Waals surface area contributed by atoms with E-state index in [1.54, 1.807) is 0 Å². The van der Waals surface area contributed by atoms with Crippen LogP contribution < -0.4 is 0 Å². The molecular formula is C14H11F2NO2. The van der Waals surface area contributed by atoms with Gasteiger partial charge < -0.3 is 5.11 Å². The minimum atomic E-state index is -1.05. The van der Waals surface area contributed by atoms with Gasteiger partial charge in [0.05, 0.1) is 11.9 Å². The fourth-order valence-corrected chi connectivity index (χ4v) is 1.77. The SMILES string of the molecule is O=C(O)C(Cc1ccc(F)cc1)c1ccc(F)cn1. The predicted octanol–water partition coefficient (Wildman–Crippen LogP) is 2.77. The zero-order valence-corrected chi connectivity index (χ0v) is 9.88. The molecule has 0 saturated heterocycles. The van der Waals surface area contributed by atoms with Crippen LogP contribution in [-0.2, 0) is 11.2 Å². The molecule has 0 saturated carbocycles. The Kier molecular flexibility index (Phi) is 3.85. The summed E-state index contributed by atoms with van der Waals surface area (Å²) in [4.78, 5) is 15.0. The fourth-order valence-electron chi connectivity index (χ4n) is 1.77. The van der Waals surface area contributed by atoms with E-state index in [0.29, 0.717) is 5.56 Å². The molecule has 1 N–H and O–H groups in total. The van der Waals surface area contributed by atoms with Crippen LogP contribution >= 0.6 is 0 Å². The number of carboxylic acids is 1. The van der Waals surface area contributed by atoms with E-state index in [4.69, 9.17) is 0 Å². The van der Waals surface area contributed by atoms with Crippen molar-refractivity contribution in [3.05, 3.63) is 65.5 Å². The van der Waals surface area contributed by atoms with Crippen LogP contribution in [0.4, 0.5) is 8.78 Å². The van der Waals surface area contributed by atoms with Gasteiger partial charge in [-0.3, -0.25) is 9.78 Å². The van der Waals surface area contributed by atoms with Gasteiger partial charge in [0.2, 0.25) is 0 Å². The second-order valence-electron chi connectivity index (χ2n) is 4.12. The van der Waals surface area contributed by atoms with Crippen molar-refractivity contribution in [3.63, 3.8) is 0 Å². The van der Waals surface area contributed by atoms with Gasteiger partial charge >= 0.3 is 5.97 Å². The van der Waals surface area contributed by atoms with E-state index < -0.39 is 17.7 Å². The molecule has 5 heteroatoms. The normalized spacial score (nSPS) is 12.1. The summed E-state index contributed by atoms with van der Waals surface area (Å²) in [7, 11) is 0. The van der Waals surface area contributed by atoms with Crippen molar-refractivity contribution < 1.29 is 18.7 Å². The van der Waals surface area contributed by atoms with Gasteiger partial charge in [-0.1, -0.05) is 12.1 Å². The minimum Gasteiger partial charge on any atom is -0.481 e. The van der Waals surface area contributed by atoms with E-state index in [1.807, 2.05) is 0 Å². The van der Waals surface area contributed by atoms with Gasteiger partial charge in [0.15, 0.2) is 0 Å². The average molecular weight is 263 g/mol. The molecule has 0 aliphatic heterocycles. The highest BCUT2D eigenvalue weighted by molar-refractivity contribution is 5.75. The topological polar surface area (TPSA) is 50.2 Å². The summed E-state index contributed by atoms with van der Waals surface area (Å²) in [5.74, 6) is -2.83.